The standard InChI is InChI=1S/C11H12ClN3O4/c1-3-19-11(16)14-13-7(2)9-6-8(15(17)18)4-5-10(9)12/h4-6H,3H2,1-2H3,(H,14,16). The Bertz CT molecular complexity index is 531. The van der Waals surface area contributed by atoms with Crippen LogP contribution >= 0.6 is 11.6 Å². The first-order chi connectivity index (χ1) is 8.95. The average Bonchev–Trinajstić information content (AvgIpc) is 2.36. The van der Waals surface area contributed by atoms with Crippen LogP contribution < -0.4 is 5.43 Å². The maximum Gasteiger partial charge on any atom is 0.427 e. The lowest BCUT2D eigenvalue weighted by Gasteiger charge is -2.05. The van der Waals surface area contributed by atoms with E-state index in [1.165, 1.54) is 18.2 Å². The summed E-state index contributed by atoms with van der Waals surface area (Å²) in [6.07, 6.45) is -0.705. The largest absolute Gasteiger partial charge is 0.449 e. The molecule has 0 atom stereocenters. The van der Waals surface area contributed by atoms with Crippen LogP contribution in [0.1, 0.15) is 19.4 Å². The molecular formula is C11H12ClN3O4. The van der Waals surface area contributed by atoms with E-state index in [1.807, 2.05) is 0 Å². The van der Waals surface area contributed by atoms with Crippen molar-refractivity contribution >= 4 is 29.1 Å². The van der Waals surface area contributed by atoms with Crippen LogP contribution in [0.4, 0.5) is 10.5 Å². The van der Waals surface area contributed by atoms with Gasteiger partial charge in [-0.3, -0.25) is 10.1 Å². The van der Waals surface area contributed by atoms with Crippen molar-refractivity contribution in [3.8, 4) is 0 Å². The number of nitrogens with one attached hydrogen (secondary N) is 1. The van der Waals surface area contributed by atoms with Crippen LogP contribution in [0.3, 0.4) is 0 Å². The van der Waals surface area contributed by atoms with Gasteiger partial charge in [0, 0.05) is 17.7 Å². The Morgan fingerprint density at radius 3 is 2.84 bits per heavy atom. The van der Waals surface area contributed by atoms with Crippen molar-refractivity contribution in [3.63, 3.8) is 0 Å². The van der Waals surface area contributed by atoms with Gasteiger partial charge in [-0.05, 0) is 19.9 Å². The predicted octanol–water partition coefficient (Wildman–Crippen LogP) is 2.72. The summed E-state index contributed by atoms with van der Waals surface area (Å²) in [6.45, 7) is 3.45. The van der Waals surface area contributed by atoms with Gasteiger partial charge in [-0.1, -0.05) is 11.6 Å². The van der Waals surface area contributed by atoms with Crippen molar-refractivity contribution in [3.05, 3.63) is 38.9 Å². The number of carbonyl (C=O) groups excluding carboxylic acids is 1. The molecule has 0 radical (unpaired) electrons. The molecule has 1 rings (SSSR count). The lowest BCUT2D eigenvalue weighted by Crippen LogP contribution is -2.20. The summed E-state index contributed by atoms with van der Waals surface area (Å²) in [4.78, 5) is 21.2. The molecule has 19 heavy (non-hydrogen) atoms. The Morgan fingerprint density at radius 2 is 2.26 bits per heavy atom. The molecule has 102 valence electrons. The average molecular weight is 286 g/mol. The summed E-state index contributed by atoms with van der Waals surface area (Å²) in [5, 5.41) is 14.7. The first-order valence-corrected chi connectivity index (χ1v) is 5.74. The molecule has 1 aromatic rings. The van der Waals surface area contributed by atoms with Gasteiger partial charge >= 0.3 is 6.09 Å². The quantitative estimate of drug-likeness (QED) is 0.523. The van der Waals surface area contributed by atoms with Gasteiger partial charge in [-0.2, -0.15) is 5.10 Å². The van der Waals surface area contributed by atoms with Crippen LogP contribution in [-0.4, -0.2) is 23.3 Å². The summed E-state index contributed by atoms with van der Waals surface area (Å²) in [5.41, 5.74) is 2.75. The first kappa shape index (κ1) is 14.9. The number of ether oxygens (including phenoxy) is 1. The Kier molecular flexibility index (Phi) is 5.25. The zero-order chi connectivity index (χ0) is 14.4. The molecule has 0 saturated carbocycles. The van der Waals surface area contributed by atoms with Gasteiger partial charge in [0.1, 0.15) is 0 Å². The zero-order valence-corrected chi connectivity index (χ0v) is 11.1. The number of rotatable bonds is 4. The number of nitrogens with zero attached hydrogens (tertiary/aromatic N) is 2. The monoisotopic (exact) mass is 285 g/mol. The van der Waals surface area contributed by atoms with Crippen molar-refractivity contribution < 1.29 is 14.5 Å². The molecule has 0 heterocycles. The van der Waals surface area contributed by atoms with Crippen molar-refractivity contribution in [2.45, 2.75) is 13.8 Å². The highest BCUT2D eigenvalue weighted by Gasteiger charge is 2.12. The molecule has 0 unspecified atom stereocenters. The van der Waals surface area contributed by atoms with Gasteiger partial charge in [0.05, 0.1) is 22.3 Å². The maximum absolute atomic E-state index is 11.1. The number of amides is 1. The van der Waals surface area contributed by atoms with E-state index in [-0.39, 0.29) is 12.3 Å². The SMILES string of the molecule is CCOC(=O)NN=C(C)c1cc([N+](=O)[O-])ccc1Cl. The molecule has 7 nitrogen and oxygen atoms in total. The normalized spacial score (nSPS) is 11.0. The zero-order valence-electron chi connectivity index (χ0n) is 10.3. The number of non-ortho nitro benzene ring substituents is 1. The molecule has 1 aromatic carbocycles. The summed E-state index contributed by atoms with van der Waals surface area (Å²) in [7, 11) is 0. The third kappa shape index (κ3) is 4.22. The number of halogens is 1. The lowest BCUT2D eigenvalue weighted by atomic mass is 10.1. The second kappa shape index (κ2) is 6.69. The van der Waals surface area contributed by atoms with Crippen LogP contribution in [0.25, 0.3) is 0 Å². The Labute approximate surface area is 114 Å². The molecule has 0 aromatic heterocycles. The lowest BCUT2D eigenvalue weighted by molar-refractivity contribution is -0.384. The molecule has 0 aliphatic carbocycles. The fourth-order valence-corrected chi connectivity index (χ4v) is 1.51. The van der Waals surface area contributed by atoms with Gasteiger partial charge in [-0.15, -0.1) is 0 Å². The van der Waals surface area contributed by atoms with Crippen molar-refractivity contribution in [1.29, 1.82) is 0 Å². The van der Waals surface area contributed by atoms with Crippen LogP contribution in [0.15, 0.2) is 23.3 Å². The Hall–Kier alpha value is -2.15. The smallest absolute Gasteiger partial charge is 0.427 e. The summed E-state index contributed by atoms with van der Waals surface area (Å²) < 4.78 is 4.62. The van der Waals surface area contributed by atoms with Gasteiger partial charge in [0.25, 0.3) is 5.69 Å². The first-order valence-electron chi connectivity index (χ1n) is 5.37. The highest BCUT2D eigenvalue weighted by Crippen LogP contribution is 2.22. The number of hydrogen-bond donors (Lipinski definition) is 1. The van der Waals surface area contributed by atoms with Crippen molar-refractivity contribution in [2.75, 3.05) is 6.61 Å². The second-order valence-electron chi connectivity index (χ2n) is 3.45. The number of hydrazone groups is 1. The summed E-state index contributed by atoms with van der Waals surface area (Å²) in [6, 6.07) is 3.98. The molecule has 1 amide bonds. The van der Waals surface area contributed by atoms with Crippen molar-refractivity contribution in [2.24, 2.45) is 5.10 Å². The Morgan fingerprint density at radius 1 is 1.58 bits per heavy atom. The van der Waals surface area contributed by atoms with Gasteiger partial charge in [0.2, 0.25) is 0 Å². The van der Waals surface area contributed by atoms with Gasteiger partial charge < -0.3 is 4.74 Å². The molecule has 0 aliphatic heterocycles. The number of hydrogen-bond acceptors (Lipinski definition) is 5. The van der Waals surface area contributed by atoms with E-state index in [4.69, 9.17) is 11.6 Å². The van der Waals surface area contributed by atoms with E-state index in [9.17, 15) is 14.9 Å². The highest BCUT2D eigenvalue weighted by atomic mass is 35.5. The number of nitro benzene ring substituents is 1. The minimum atomic E-state index is -0.705. The molecule has 8 heteroatoms. The van der Waals surface area contributed by atoms with Crippen LogP contribution in [0.2, 0.25) is 5.02 Å². The minimum Gasteiger partial charge on any atom is -0.449 e. The second-order valence-corrected chi connectivity index (χ2v) is 3.86. The topological polar surface area (TPSA) is 93.8 Å². The predicted molar refractivity (Wildman–Crippen MR) is 70.5 cm³/mol. The highest BCUT2D eigenvalue weighted by molar-refractivity contribution is 6.34. The number of carbonyl (C=O) groups is 1. The van der Waals surface area contributed by atoms with E-state index < -0.39 is 11.0 Å². The van der Waals surface area contributed by atoms with E-state index >= 15 is 0 Å². The molecule has 1 N–H and O–H groups in total. The minimum absolute atomic E-state index is 0.106. The van der Waals surface area contributed by atoms with E-state index in [0.717, 1.165) is 0 Å². The van der Waals surface area contributed by atoms with Crippen LogP contribution in [0.5, 0.6) is 0 Å². The molecule has 0 saturated heterocycles. The number of benzene rings is 1. The molecule has 0 aliphatic rings. The Balaban J connectivity index is 2.95. The van der Waals surface area contributed by atoms with E-state index in [0.29, 0.717) is 16.3 Å². The molecule has 0 fully saturated rings. The summed E-state index contributed by atoms with van der Waals surface area (Å²) >= 11 is 5.92. The molecule has 0 spiro atoms. The third-order valence-electron chi connectivity index (χ3n) is 2.14. The summed E-state index contributed by atoms with van der Waals surface area (Å²) in [5.74, 6) is 0. The van der Waals surface area contributed by atoms with Crippen LogP contribution in [0, 0.1) is 10.1 Å². The fourth-order valence-electron chi connectivity index (χ4n) is 1.26. The van der Waals surface area contributed by atoms with Gasteiger partial charge in [-0.25, -0.2) is 10.2 Å². The van der Waals surface area contributed by atoms with E-state index in [2.05, 4.69) is 15.3 Å². The van der Waals surface area contributed by atoms with E-state index in [1.54, 1.807) is 13.8 Å². The van der Waals surface area contributed by atoms with Crippen LogP contribution in [-0.2, 0) is 4.74 Å². The van der Waals surface area contributed by atoms with Crippen molar-refractivity contribution in [1.82, 2.24) is 5.43 Å². The van der Waals surface area contributed by atoms with Gasteiger partial charge in [0.15, 0.2) is 0 Å². The maximum atomic E-state index is 11.1. The fraction of sp³-hybridized carbons (Fsp3) is 0.273. The number of nitro groups is 1. The molecule has 0 bridgehead atoms. The molecular weight excluding hydrogens is 274 g/mol. The third-order valence-corrected chi connectivity index (χ3v) is 2.47.